The predicted molar refractivity (Wildman–Crippen MR) is 68.4 cm³/mol. The first-order valence-electron chi connectivity index (χ1n) is 6.21. The molecule has 0 aromatic carbocycles. The second kappa shape index (κ2) is 5.31. The summed E-state index contributed by atoms with van der Waals surface area (Å²) in [5.41, 5.74) is 0.950. The van der Waals surface area contributed by atoms with Crippen molar-refractivity contribution in [3.8, 4) is 0 Å². The van der Waals surface area contributed by atoms with Crippen molar-refractivity contribution in [2.45, 2.75) is 32.8 Å². The molecular weight excluding hydrogens is 216 g/mol. The number of aryl methyl sites for hydroxylation is 1. The molecule has 1 aromatic rings. The van der Waals surface area contributed by atoms with E-state index >= 15 is 0 Å². The Hall–Kier alpha value is -1.36. The fraction of sp³-hybridized carbons (Fsp3) is 0.667. The lowest BCUT2D eigenvalue weighted by atomic mass is 10.1. The Morgan fingerprint density at radius 3 is 3.06 bits per heavy atom. The average molecular weight is 236 g/mol. The second-order valence-corrected chi connectivity index (χ2v) is 4.46. The van der Waals surface area contributed by atoms with E-state index in [0.29, 0.717) is 12.5 Å². The molecule has 2 rings (SSSR count). The van der Waals surface area contributed by atoms with Gasteiger partial charge in [-0.15, -0.1) is 0 Å². The Morgan fingerprint density at radius 1 is 1.53 bits per heavy atom. The summed E-state index contributed by atoms with van der Waals surface area (Å²) in [5.74, 6) is 1.58. The van der Waals surface area contributed by atoms with Crippen LogP contribution in [0.2, 0.25) is 0 Å². The van der Waals surface area contributed by atoms with E-state index in [-0.39, 0.29) is 6.10 Å². The lowest BCUT2D eigenvalue weighted by Gasteiger charge is -2.31. The summed E-state index contributed by atoms with van der Waals surface area (Å²) in [7, 11) is 0. The number of aromatic nitrogens is 2. The van der Waals surface area contributed by atoms with Crippen LogP contribution in [0, 0.1) is 6.92 Å². The summed E-state index contributed by atoms with van der Waals surface area (Å²) in [6.45, 7) is 6.43. The van der Waals surface area contributed by atoms with Crippen molar-refractivity contribution < 1.29 is 5.11 Å². The minimum Gasteiger partial charge on any atom is -0.391 e. The van der Waals surface area contributed by atoms with Crippen molar-refractivity contribution in [1.29, 1.82) is 0 Å². The number of aliphatic hydroxyl groups excluding tert-OH is 1. The lowest BCUT2D eigenvalue weighted by molar-refractivity contribution is 0.154. The molecule has 2 heterocycles. The molecule has 0 amide bonds. The van der Waals surface area contributed by atoms with Gasteiger partial charge in [0.25, 0.3) is 0 Å². The Balaban J connectivity index is 2.18. The molecule has 5 heteroatoms. The number of rotatable bonds is 3. The van der Waals surface area contributed by atoms with Crippen LogP contribution in [0.15, 0.2) is 6.07 Å². The van der Waals surface area contributed by atoms with Gasteiger partial charge in [-0.25, -0.2) is 4.98 Å². The van der Waals surface area contributed by atoms with E-state index in [0.717, 1.165) is 37.4 Å². The van der Waals surface area contributed by atoms with E-state index in [4.69, 9.17) is 0 Å². The molecular formula is C12H20N4O. The predicted octanol–water partition coefficient (Wildman–Crippen LogP) is 1.18. The number of piperidine rings is 1. The van der Waals surface area contributed by atoms with Crippen LogP contribution in [-0.2, 0) is 0 Å². The van der Waals surface area contributed by atoms with Crippen molar-refractivity contribution >= 4 is 11.8 Å². The van der Waals surface area contributed by atoms with Gasteiger partial charge in [-0.1, -0.05) is 0 Å². The minimum absolute atomic E-state index is 0.235. The number of nitrogens with one attached hydrogen (secondary N) is 1. The smallest absolute Gasteiger partial charge is 0.224 e. The number of β-amino-alcohol motifs (C(OH)–C–C–N with tert-alkyl or cyclic N) is 1. The summed E-state index contributed by atoms with van der Waals surface area (Å²) in [4.78, 5) is 10.9. The molecule has 1 aliphatic heterocycles. The average Bonchev–Trinajstić information content (AvgIpc) is 2.28. The highest BCUT2D eigenvalue weighted by Crippen LogP contribution is 2.19. The van der Waals surface area contributed by atoms with E-state index in [1.54, 1.807) is 0 Å². The Morgan fingerprint density at radius 2 is 2.35 bits per heavy atom. The molecule has 0 aliphatic carbocycles. The van der Waals surface area contributed by atoms with Gasteiger partial charge >= 0.3 is 0 Å². The molecule has 0 saturated carbocycles. The molecule has 1 aliphatic rings. The quantitative estimate of drug-likeness (QED) is 0.825. The summed E-state index contributed by atoms with van der Waals surface area (Å²) in [6.07, 6.45) is 1.67. The van der Waals surface area contributed by atoms with E-state index in [1.807, 2.05) is 19.9 Å². The number of hydrogen-bond acceptors (Lipinski definition) is 5. The maximum atomic E-state index is 9.68. The van der Waals surface area contributed by atoms with Gasteiger partial charge in [0.2, 0.25) is 5.95 Å². The molecule has 94 valence electrons. The highest BCUT2D eigenvalue weighted by molar-refractivity contribution is 5.45. The van der Waals surface area contributed by atoms with Gasteiger partial charge in [0.15, 0.2) is 0 Å². The van der Waals surface area contributed by atoms with E-state index in [2.05, 4.69) is 20.2 Å². The highest BCUT2D eigenvalue weighted by Gasteiger charge is 2.19. The largest absolute Gasteiger partial charge is 0.391 e. The van der Waals surface area contributed by atoms with Crippen LogP contribution in [0.1, 0.15) is 25.5 Å². The SMILES string of the molecule is CCNc1nc(C)cc(N2CCCC(O)C2)n1. The Bertz CT molecular complexity index is 383. The van der Waals surface area contributed by atoms with E-state index < -0.39 is 0 Å². The Labute approximate surface area is 102 Å². The number of hydrogen-bond donors (Lipinski definition) is 2. The topological polar surface area (TPSA) is 61.3 Å². The van der Waals surface area contributed by atoms with Gasteiger partial charge < -0.3 is 15.3 Å². The third-order valence-electron chi connectivity index (χ3n) is 2.90. The van der Waals surface area contributed by atoms with Gasteiger partial charge in [0.1, 0.15) is 5.82 Å². The molecule has 0 bridgehead atoms. The summed E-state index contributed by atoms with van der Waals surface area (Å²) >= 11 is 0. The van der Waals surface area contributed by atoms with Crippen molar-refractivity contribution in [3.05, 3.63) is 11.8 Å². The minimum atomic E-state index is -0.235. The first kappa shape index (κ1) is 12.1. The van der Waals surface area contributed by atoms with Gasteiger partial charge in [-0.05, 0) is 26.7 Å². The van der Waals surface area contributed by atoms with Crippen LogP contribution in [0.5, 0.6) is 0 Å². The number of anilines is 2. The highest BCUT2D eigenvalue weighted by atomic mass is 16.3. The van der Waals surface area contributed by atoms with E-state index in [9.17, 15) is 5.11 Å². The molecule has 1 fully saturated rings. The maximum Gasteiger partial charge on any atom is 0.224 e. The zero-order valence-corrected chi connectivity index (χ0v) is 10.5. The molecule has 1 aromatic heterocycles. The molecule has 17 heavy (non-hydrogen) atoms. The van der Waals surface area contributed by atoms with Crippen LogP contribution >= 0.6 is 0 Å². The zero-order valence-electron chi connectivity index (χ0n) is 10.5. The van der Waals surface area contributed by atoms with Crippen molar-refractivity contribution in [1.82, 2.24) is 9.97 Å². The fourth-order valence-electron chi connectivity index (χ4n) is 2.11. The summed E-state index contributed by atoms with van der Waals surface area (Å²) < 4.78 is 0. The van der Waals surface area contributed by atoms with Crippen LogP contribution in [0.4, 0.5) is 11.8 Å². The molecule has 2 N–H and O–H groups in total. The number of nitrogens with zero attached hydrogens (tertiary/aromatic N) is 3. The van der Waals surface area contributed by atoms with Crippen LogP contribution in [0.25, 0.3) is 0 Å². The van der Waals surface area contributed by atoms with Gasteiger partial charge in [0.05, 0.1) is 6.10 Å². The Kier molecular flexibility index (Phi) is 3.78. The molecule has 5 nitrogen and oxygen atoms in total. The second-order valence-electron chi connectivity index (χ2n) is 4.46. The van der Waals surface area contributed by atoms with Gasteiger partial charge in [-0.2, -0.15) is 4.98 Å². The van der Waals surface area contributed by atoms with Crippen molar-refractivity contribution in [2.24, 2.45) is 0 Å². The van der Waals surface area contributed by atoms with E-state index in [1.165, 1.54) is 0 Å². The first-order valence-corrected chi connectivity index (χ1v) is 6.21. The van der Waals surface area contributed by atoms with Crippen molar-refractivity contribution in [3.63, 3.8) is 0 Å². The molecule has 1 unspecified atom stereocenters. The fourth-order valence-corrected chi connectivity index (χ4v) is 2.11. The third kappa shape index (κ3) is 3.06. The summed E-state index contributed by atoms with van der Waals surface area (Å²) in [5, 5.41) is 12.8. The molecule has 0 radical (unpaired) electrons. The summed E-state index contributed by atoms with van der Waals surface area (Å²) in [6, 6.07) is 1.97. The zero-order chi connectivity index (χ0) is 12.3. The first-order chi connectivity index (χ1) is 8.19. The van der Waals surface area contributed by atoms with Crippen LogP contribution < -0.4 is 10.2 Å². The molecule has 0 spiro atoms. The maximum absolute atomic E-state index is 9.68. The van der Waals surface area contributed by atoms with Crippen LogP contribution in [0.3, 0.4) is 0 Å². The normalized spacial score (nSPS) is 20.4. The van der Waals surface area contributed by atoms with Gasteiger partial charge in [0, 0.05) is 31.4 Å². The standard InChI is InChI=1S/C12H20N4O/c1-3-13-12-14-9(2)7-11(15-12)16-6-4-5-10(17)8-16/h7,10,17H,3-6,8H2,1-2H3,(H,13,14,15). The molecule has 1 saturated heterocycles. The van der Waals surface area contributed by atoms with Crippen molar-refractivity contribution in [2.75, 3.05) is 29.9 Å². The number of aliphatic hydroxyl groups is 1. The van der Waals surface area contributed by atoms with Crippen LogP contribution in [-0.4, -0.2) is 40.8 Å². The lowest BCUT2D eigenvalue weighted by Crippen LogP contribution is -2.38. The van der Waals surface area contributed by atoms with Gasteiger partial charge in [-0.3, -0.25) is 0 Å². The monoisotopic (exact) mass is 236 g/mol. The third-order valence-corrected chi connectivity index (χ3v) is 2.90. The molecule has 1 atom stereocenters.